The molecule has 0 spiro atoms. The fraction of sp³-hybridized carbons (Fsp3) is 0.286. The lowest BCUT2D eigenvalue weighted by Crippen LogP contribution is -2.28. The summed E-state index contributed by atoms with van der Waals surface area (Å²) in [7, 11) is 1.81. The molecule has 0 atom stereocenters. The molecule has 0 radical (unpaired) electrons. The second-order valence-electron chi connectivity index (χ2n) is 7.45. The molecule has 10 heteroatoms. The Morgan fingerprint density at radius 3 is 2.90 bits per heavy atom. The van der Waals surface area contributed by atoms with E-state index in [1.165, 1.54) is 6.20 Å². The monoisotopic (exact) mass is 418 g/mol. The summed E-state index contributed by atoms with van der Waals surface area (Å²) in [5, 5.41) is 14.9. The van der Waals surface area contributed by atoms with Gasteiger partial charge in [-0.2, -0.15) is 10.2 Å². The second-order valence-corrected chi connectivity index (χ2v) is 7.45. The number of carbonyl (C=O) groups excluding carboxylic acids is 1. The molecule has 4 heterocycles. The van der Waals surface area contributed by atoms with Gasteiger partial charge in [0.1, 0.15) is 17.7 Å². The van der Waals surface area contributed by atoms with Gasteiger partial charge in [0, 0.05) is 43.8 Å². The minimum Gasteiger partial charge on any atom is -0.381 e. The number of carbonyl (C=O) groups is 1. The number of hydrogen-bond donors (Lipinski definition) is 2. The maximum Gasteiger partial charge on any atom is 0.261 e. The Labute approximate surface area is 178 Å². The number of aryl methyl sites for hydroxylation is 1. The number of aromatic nitrogens is 6. The maximum atomic E-state index is 13.0. The molecule has 5 rings (SSSR count). The lowest BCUT2D eigenvalue weighted by Gasteiger charge is -2.23. The maximum absolute atomic E-state index is 13.0. The molecule has 1 saturated heterocycles. The van der Waals surface area contributed by atoms with Gasteiger partial charge in [0.25, 0.3) is 5.91 Å². The highest BCUT2D eigenvalue weighted by Gasteiger charge is 2.18. The molecular weight excluding hydrogens is 396 g/mol. The number of rotatable bonds is 5. The first-order chi connectivity index (χ1) is 15.2. The Morgan fingerprint density at radius 1 is 1.23 bits per heavy atom. The first kappa shape index (κ1) is 19.2. The second kappa shape index (κ2) is 8.15. The van der Waals surface area contributed by atoms with Crippen LogP contribution in [-0.4, -0.2) is 54.5 Å². The summed E-state index contributed by atoms with van der Waals surface area (Å²) in [6, 6.07) is 9.58. The van der Waals surface area contributed by atoms with Gasteiger partial charge in [-0.1, -0.05) is 12.1 Å². The van der Waals surface area contributed by atoms with Crippen LogP contribution in [0.15, 0.2) is 49.1 Å². The van der Waals surface area contributed by atoms with E-state index >= 15 is 0 Å². The van der Waals surface area contributed by atoms with Crippen molar-refractivity contribution in [2.45, 2.75) is 18.9 Å². The standard InChI is InChI=1S/C21H22N8O2/c1-28-13-22-19(27-28)14-3-2-4-16(11-14)25-21(30)17-12-23-29-8-5-18(26-20(17)29)24-15-6-9-31-10-7-15/h2-5,8,11-13,15H,6-7,9-10H2,1H3,(H,24,26)(H,25,30). The molecule has 0 saturated carbocycles. The number of amides is 1. The van der Waals surface area contributed by atoms with Crippen LogP contribution >= 0.6 is 0 Å². The van der Waals surface area contributed by atoms with Gasteiger partial charge in [0.15, 0.2) is 11.5 Å². The minimum absolute atomic E-state index is 0.281. The SMILES string of the molecule is Cn1cnc(-c2cccc(NC(=O)c3cnn4ccc(NC5CCOCC5)nc34)c2)n1. The average molecular weight is 418 g/mol. The summed E-state index contributed by atoms with van der Waals surface area (Å²) in [6.07, 6.45) is 6.83. The molecule has 31 heavy (non-hydrogen) atoms. The van der Waals surface area contributed by atoms with E-state index in [1.54, 1.807) is 21.7 Å². The van der Waals surface area contributed by atoms with E-state index in [9.17, 15) is 4.79 Å². The number of ether oxygens (including phenoxy) is 1. The van der Waals surface area contributed by atoms with Crippen LogP contribution in [0, 0.1) is 0 Å². The summed E-state index contributed by atoms with van der Waals surface area (Å²) in [6.45, 7) is 1.49. The highest BCUT2D eigenvalue weighted by Crippen LogP contribution is 2.21. The van der Waals surface area contributed by atoms with Crippen LogP contribution in [0.5, 0.6) is 0 Å². The van der Waals surface area contributed by atoms with Crippen molar-refractivity contribution in [1.82, 2.24) is 29.4 Å². The smallest absolute Gasteiger partial charge is 0.261 e. The molecular formula is C21H22N8O2. The predicted octanol–water partition coefficient (Wildman–Crippen LogP) is 2.37. The van der Waals surface area contributed by atoms with Gasteiger partial charge in [-0.3, -0.25) is 9.48 Å². The zero-order valence-electron chi connectivity index (χ0n) is 17.0. The van der Waals surface area contributed by atoms with E-state index < -0.39 is 0 Å². The van der Waals surface area contributed by atoms with Crippen LogP contribution in [-0.2, 0) is 11.8 Å². The van der Waals surface area contributed by atoms with Crippen molar-refractivity contribution in [1.29, 1.82) is 0 Å². The lowest BCUT2D eigenvalue weighted by molar-refractivity contribution is 0.0904. The molecule has 3 aromatic heterocycles. The zero-order valence-corrected chi connectivity index (χ0v) is 17.0. The van der Waals surface area contributed by atoms with Crippen LogP contribution in [0.3, 0.4) is 0 Å². The van der Waals surface area contributed by atoms with E-state index in [0.717, 1.165) is 37.4 Å². The van der Waals surface area contributed by atoms with Gasteiger partial charge >= 0.3 is 0 Å². The van der Waals surface area contributed by atoms with Crippen LogP contribution in [0.2, 0.25) is 0 Å². The van der Waals surface area contributed by atoms with E-state index in [-0.39, 0.29) is 5.91 Å². The Kier molecular flexibility index (Phi) is 5.04. The molecule has 1 aliphatic heterocycles. The highest BCUT2D eigenvalue weighted by atomic mass is 16.5. The molecule has 4 aromatic rings. The molecule has 0 bridgehead atoms. The van der Waals surface area contributed by atoms with Crippen molar-refractivity contribution in [3.8, 4) is 11.4 Å². The molecule has 1 aliphatic rings. The summed E-state index contributed by atoms with van der Waals surface area (Å²) < 4.78 is 8.64. The molecule has 0 aliphatic carbocycles. The first-order valence-corrected chi connectivity index (χ1v) is 10.1. The molecule has 10 nitrogen and oxygen atoms in total. The van der Waals surface area contributed by atoms with Gasteiger partial charge in [-0.05, 0) is 31.0 Å². The van der Waals surface area contributed by atoms with Crippen LogP contribution in [0.4, 0.5) is 11.5 Å². The molecule has 0 unspecified atom stereocenters. The number of hydrogen-bond acceptors (Lipinski definition) is 7. The van der Waals surface area contributed by atoms with Crippen molar-refractivity contribution in [2.24, 2.45) is 7.05 Å². The number of benzene rings is 1. The van der Waals surface area contributed by atoms with Gasteiger partial charge in [-0.15, -0.1) is 0 Å². The van der Waals surface area contributed by atoms with E-state index in [0.29, 0.717) is 28.8 Å². The van der Waals surface area contributed by atoms with Gasteiger partial charge < -0.3 is 15.4 Å². The van der Waals surface area contributed by atoms with E-state index in [2.05, 4.69) is 30.8 Å². The number of fused-ring (bicyclic) bond motifs is 1. The molecule has 1 fully saturated rings. The summed E-state index contributed by atoms with van der Waals surface area (Å²) >= 11 is 0. The summed E-state index contributed by atoms with van der Waals surface area (Å²) in [4.78, 5) is 21.8. The lowest BCUT2D eigenvalue weighted by atomic mass is 10.1. The van der Waals surface area contributed by atoms with Crippen molar-refractivity contribution in [3.63, 3.8) is 0 Å². The fourth-order valence-electron chi connectivity index (χ4n) is 3.57. The largest absolute Gasteiger partial charge is 0.381 e. The van der Waals surface area contributed by atoms with E-state index in [4.69, 9.17) is 4.74 Å². The molecule has 158 valence electrons. The number of anilines is 2. The third-order valence-electron chi connectivity index (χ3n) is 5.17. The van der Waals surface area contributed by atoms with Crippen LogP contribution < -0.4 is 10.6 Å². The molecule has 2 N–H and O–H groups in total. The zero-order chi connectivity index (χ0) is 21.2. The third-order valence-corrected chi connectivity index (χ3v) is 5.17. The normalized spacial score (nSPS) is 14.6. The van der Waals surface area contributed by atoms with Gasteiger partial charge in [0.2, 0.25) is 0 Å². The highest BCUT2D eigenvalue weighted by molar-refractivity contribution is 6.08. The Hall–Kier alpha value is -3.79. The van der Waals surface area contributed by atoms with Crippen molar-refractivity contribution >= 4 is 23.1 Å². The molecule has 1 amide bonds. The van der Waals surface area contributed by atoms with Gasteiger partial charge in [-0.25, -0.2) is 14.5 Å². The topological polar surface area (TPSA) is 111 Å². The Bertz CT molecular complexity index is 1230. The Balaban J connectivity index is 1.36. The molecule has 1 aromatic carbocycles. The van der Waals surface area contributed by atoms with Gasteiger partial charge in [0.05, 0.1) is 6.20 Å². The van der Waals surface area contributed by atoms with Crippen molar-refractivity contribution in [2.75, 3.05) is 23.8 Å². The quantitative estimate of drug-likeness (QED) is 0.512. The first-order valence-electron chi connectivity index (χ1n) is 10.1. The average Bonchev–Trinajstić information content (AvgIpc) is 3.41. The predicted molar refractivity (Wildman–Crippen MR) is 115 cm³/mol. The number of nitrogens with one attached hydrogen (secondary N) is 2. The minimum atomic E-state index is -0.281. The van der Waals surface area contributed by atoms with Crippen LogP contribution in [0.25, 0.3) is 17.0 Å². The van der Waals surface area contributed by atoms with E-state index in [1.807, 2.05) is 37.4 Å². The fourth-order valence-corrected chi connectivity index (χ4v) is 3.57. The van der Waals surface area contributed by atoms with Crippen molar-refractivity contribution in [3.05, 3.63) is 54.6 Å². The summed E-state index contributed by atoms with van der Waals surface area (Å²) in [5.74, 6) is 1.04. The number of nitrogens with zero attached hydrogens (tertiary/aromatic N) is 6. The third kappa shape index (κ3) is 4.10. The summed E-state index contributed by atoms with van der Waals surface area (Å²) in [5.41, 5.74) is 2.36. The Morgan fingerprint density at radius 2 is 2.10 bits per heavy atom. The van der Waals surface area contributed by atoms with Crippen molar-refractivity contribution < 1.29 is 9.53 Å². The van der Waals surface area contributed by atoms with Crippen LogP contribution in [0.1, 0.15) is 23.2 Å².